The molecule has 2 heterocycles. The van der Waals surface area contributed by atoms with Gasteiger partial charge in [-0.1, -0.05) is 24.3 Å². The van der Waals surface area contributed by atoms with Gasteiger partial charge in [-0.25, -0.2) is 4.98 Å². The molecule has 0 amide bonds. The van der Waals surface area contributed by atoms with Crippen LogP contribution in [-0.2, 0) is 0 Å². The van der Waals surface area contributed by atoms with E-state index in [4.69, 9.17) is 0 Å². The first-order valence-electron chi connectivity index (χ1n) is 5.71. The summed E-state index contributed by atoms with van der Waals surface area (Å²) in [4.78, 5) is 4.12. The minimum Gasteiger partial charge on any atom is -0.508 e. The molecule has 3 aromatic rings. The maximum absolute atomic E-state index is 9.22. The summed E-state index contributed by atoms with van der Waals surface area (Å²) in [6.07, 6.45) is 7.67. The monoisotopic (exact) mass is 236 g/mol. The predicted octanol–water partition coefficient (Wildman–Crippen LogP) is 3.21. The zero-order chi connectivity index (χ0) is 12.4. The van der Waals surface area contributed by atoms with E-state index in [0.717, 1.165) is 16.8 Å². The maximum atomic E-state index is 9.22. The molecule has 18 heavy (non-hydrogen) atoms. The number of nitrogens with zero attached hydrogens (tertiary/aromatic N) is 2. The largest absolute Gasteiger partial charge is 0.508 e. The van der Waals surface area contributed by atoms with Crippen molar-refractivity contribution in [2.24, 2.45) is 0 Å². The third-order valence-corrected chi connectivity index (χ3v) is 2.82. The highest BCUT2D eigenvalue weighted by Gasteiger charge is 1.96. The van der Waals surface area contributed by atoms with Gasteiger partial charge in [0.05, 0.1) is 18.0 Å². The second kappa shape index (κ2) is 4.37. The molecule has 2 aromatic heterocycles. The fourth-order valence-corrected chi connectivity index (χ4v) is 1.87. The van der Waals surface area contributed by atoms with Crippen LogP contribution in [-0.4, -0.2) is 14.5 Å². The summed E-state index contributed by atoms with van der Waals surface area (Å²) in [6, 6.07) is 13.2. The number of benzene rings is 1. The lowest BCUT2D eigenvalue weighted by molar-refractivity contribution is 0.475. The molecule has 0 fully saturated rings. The van der Waals surface area contributed by atoms with Gasteiger partial charge in [-0.05, 0) is 35.9 Å². The first-order chi connectivity index (χ1) is 8.83. The van der Waals surface area contributed by atoms with E-state index >= 15 is 0 Å². The Morgan fingerprint density at radius 1 is 1.00 bits per heavy atom. The first kappa shape index (κ1) is 10.6. The lowest BCUT2D eigenvalue weighted by Gasteiger charge is -1.99. The summed E-state index contributed by atoms with van der Waals surface area (Å²) in [7, 11) is 0. The molecule has 0 saturated heterocycles. The van der Waals surface area contributed by atoms with Gasteiger partial charge in [-0.15, -0.1) is 0 Å². The summed E-state index contributed by atoms with van der Waals surface area (Å²) in [5.74, 6) is 0.281. The lowest BCUT2D eigenvalue weighted by Crippen LogP contribution is -1.87. The predicted molar refractivity (Wildman–Crippen MR) is 72.2 cm³/mol. The minimum absolute atomic E-state index is 0.281. The van der Waals surface area contributed by atoms with E-state index in [1.54, 1.807) is 18.5 Å². The molecule has 0 aliphatic heterocycles. The zero-order valence-electron chi connectivity index (χ0n) is 9.69. The molecule has 1 aromatic carbocycles. The van der Waals surface area contributed by atoms with E-state index in [1.807, 2.05) is 53.1 Å². The first-order valence-corrected chi connectivity index (χ1v) is 5.71. The molecule has 0 saturated carbocycles. The number of pyridine rings is 1. The molecule has 3 nitrogen and oxygen atoms in total. The maximum Gasteiger partial charge on any atom is 0.115 e. The lowest BCUT2D eigenvalue weighted by atomic mass is 10.2. The van der Waals surface area contributed by atoms with Gasteiger partial charge in [0.25, 0.3) is 0 Å². The average Bonchev–Trinajstić information content (AvgIpc) is 2.87. The van der Waals surface area contributed by atoms with E-state index < -0.39 is 0 Å². The van der Waals surface area contributed by atoms with Crippen LogP contribution in [0.1, 0.15) is 11.3 Å². The Balaban J connectivity index is 1.96. The number of rotatable bonds is 2. The Kier molecular flexibility index (Phi) is 2.57. The molecule has 3 rings (SSSR count). The van der Waals surface area contributed by atoms with Crippen molar-refractivity contribution in [1.29, 1.82) is 0 Å². The van der Waals surface area contributed by atoms with Crippen LogP contribution in [0.2, 0.25) is 0 Å². The van der Waals surface area contributed by atoms with E-state index in [2.05, 4.69) is 4.98 Å². The van der Waals surface area contributed by atoms with Crippen LogP contribution >= 0.6 is 0 Å². The number of phenols is 1. The van der Waals surface area contributed by atoms with Crippen molar-refractivity contribution >= 4 is 17.7 Å². The van der Waals surface area contributed by atoms with Crippen molar-refractivity contribution in [3.63, 3.8) is 0 Å². The Labute approximate surface area is 105 Å². The Bertz CT molecular complexity index is 696. The van der Waals surface area contributed by atoms with Gasteiger partial charge >= 0.3 is 0 Å². The van der Waals surface area contributed by atoms with Crippen LogP contribution < -0.4 is 0 Å². The molecule has 1 N–H and O–H groups in total. The Morgan fingerprint density at radius 3 is 2.67 bits per heavy atom. The van der Waals surface area contributed by atoms with E-state index in [-0.39, 0.29) is 5.75 Å². The van der Waals surface area contributed by atoms with Crippen LogP contribution in [0, 0.1) is 0 Å². The van der Waals surface area contributed by atoms with Gasteiger partial charge < -0.3 is 5.11 Å². The van der Waals surface area contributed by atoms with Gasteiger partial charge in [-0.2, -0.15) is 0 Å². The van der Waals surface area contributed by atoms with Crippen LogP contribution in [0.15, 0.2) is 55.0 Å². The topological polar surface area (TPSA) is 37.5 Å². The highest BCUT2D eigenvalue weighted by atomic mass is 16.3. The SMILES string of the molecule is Oc1ccc(/C=C/c2cccc3cncn23)cc1. The van der Waals surface area contributed by atoms with Crippen molar-refractivity contribution in [2.75, 3.05) is 0 Å². The van der Waals surface area contributed by atoms with Crippen LogP contribution in [0.5, 0.6) is 5.75 Å². The van der Waals surface area contributed by atoms with Crippen molar-refractivity contribution < 1.29 is 5.11 Å². The number of hydrogen-bond acceptors (Lipinski definition) is 2. The van der Waals surface area contributed by atoms with Crippen LogP contribution in [0.25, 0.3) is 17.7 Å². The normalized spacial score (nSPS) is 11.3. The molecule has 0 aliphatic carbocycles. The fraction of sp³-hybridized carbons (Fsp3) is 0. The summed E-state index contributed by atoms with van der Waals surface area (Å²) < 4.78 is 2.02. The standard InChI is InChI=1S/C15H12N2O/c18-15-8-5-12(6-9-15)4-7-13-2-1-3-14-10-16-11-17(13)14/h1-11,18H/b7-4+. The molecule has 0 radical (unpaired) electrons. The highest BCUT2D eigenvalue weighted by Crippen LogP contribution is 2.14. The summed E-state index contributed by atoms with van der Waals surface area (Å²) in [5.41, 5.74) is 3.19. The van der Waals surface area contributed by atoms with Crippen molar-refractivity contribution in [3.05, 3.63) is 66.2 Å². The molecule has 0 spiro atoms. The van der Waals surface area contributed by atoms with Crippen molar-refractivity contribution in [1.82, 2.24) is 9.38 Å². The molecule has 0 unspecified atom stereocenters. The van der Waals surface area contributed by atoms with Crippen LogP contribution in [0.4, 0.5) is 0 Å². The summed E-state index contributed by atoms with van der Waals surface area (Å²) in [6.45, 7) is 0. The minimum atomic E-state index is 0.281. The molecule has 0 atom stereocenters. The summed E-state index contributed by atoms with van der Waals surface area (Å²) >= 11 is 0. The average molecular weight is 236 g/mol. The van der Waals surface area contributed by atoms with Gasteiger partial charge in [0.15, 0.2) is 0 Å². The molecule has 0 aliphatic rings. The number of fused-ring (bicyclic) bond motifs is 1. The zero-order valence-corrected chi connectivity index (χ0v) is 9.69. The molecule has 88 valence electrons. The quantitative estimate of drug-likeness (QED) is 0.741. The number of aromatic nitrogens is 2. The third kappa shape index (κ3) is 1.98. The fourth-order valence-electron chi connectivity index (χ4n) is 1.87. The number of phenolic OH excluding ortho intramolecular Hbond substituents is 1. The Morgan fingerprint density at radius 2 is 1.83 bits per heavy atom. The number of aromatic hydroxyl groups is 1. The Hall–Kier alpha value is -2.55. The second-order valence-corrected chi connectivity index (χ2v) is 4.06. The van der Waals surface area contributed by atoms with Gasteiger partial charge in [0, 0.05) is 5.69 Å². The van der Waals surface area contributed by atoms with Crippen molar-refractivity contribution in [2.45, 2.75) is 0 Å². The molecular weight excluding hydrogens is 224 g/mol. The summed E-state index contributed by atoms with van der Waals surface area (Å²) in [5, 5.41) is 9.22. The van der Waals surface area contributed by atoms with E-state index in [1.165, 1.54) is 0 Å². The molecular formula is C15H12N2O. The van der Waals surface area contributed by atoms with Gasteiger partial charge in [-0.3, -0.25) is 4.40 Å². The molecule has 0 bridgehead atoms. The van der Waals surface area contributed by atoms with E-state index in [9.17, 15) is 5.11 Å². The highest BCUT2D eigenvalue weighted by molar-refractivity contribution is 5.69. The second-order valence-electron chi connectivity index (χ2n) is 4.06. The number of hydrogen-bond donors (Lipinski definition) is 1. The van der Waals surface area contributed by atoms with E-state index in [0.29, 0.717) is 0 Å². The molecule has 3 heteroatoms. The van der Waals surface area contributed by atoms with Gasteiger partial charge in [0.1, 0.15) is 5.75 Å². The van der Waals surface area contributed by atoms with Crippen molar-refractivity contribution in [3.8, 4) is 5.75 Å². The van der Waals surface area contributed by atoms with Crippen LogP contribution in [0.3, 0.4) is 0 Å². The smallest absolute Gasteiger partial charge is 0.115 e. The third-order valence-electron chi connectivity index (χ3n) is 2.82. The van der Waals surface area contributed by atoms with Gasteiger partial charge in [0.2, 0.25) is 0 Å². The number of imidazole rings is 1.